The molecule has 0 radical (unpaired) electrons. The number of benzene rings is 1. The highest BCUT2D eigenvalue weighted by Crippen LogP contribution is 2.28. The monoisotopic (exact) mass is 755 g/mol. The number of amides is 2. The highest BCUT2D eigenvalue weighted by atomic mass is 28.3. The number of aromatic nitrogens is 3. The van der Waals surface area contributed by atoms with Gasteiger partial charge in [0.15, 0.2) is 0 Å². The van der Waals surface area contributed by atoms with Crippen molar-refractivity contribution in [2.24, 2.45) is 5.92 Å². The first-order chi connectivity index (χ1) is 25.6. The van der Waals surface area contributed by atoms with Crippen molar-refractivity contribution in [3.05, 3.63) is 89.7 Å². The smallest absolute Gasteiger partial charge is 0.419 e. The van der Waals surface area contributed by atoms with Gasteiger partial charge in [-0.05, 0) is 88.2 Å². The Kier molecular flexibility index (Phi) is 13.2. The molecule has 1 aromatic carbocycles. The molecule has 0 saturated carbocycles. The fraction of sp³-hybridized carbons (Fsp3) is 0.463. The predicted octanol–water partition coefficient (Wildman–Crippen LogP) is 6.95. The Bertz CT molecular complexity index is 1920. The van der Waals surface area contributed by atoms with Gasteiger partial charge in [-0.25, -0.2) is 9.36 Å². The van der Waals surface area contributed by atoms with E-state index in [2.05, 4.69) is 78.1 Å². The highest BCUT2D eigenvalue weighted by Gasteiger charge is 2.23. The van der Waals surface area contributed by atoms with Gasteiger partial charge in [0.05, 0.1) is 35.2 Å². The molecule has 0 bridgehead atoms. The zero-order valence-electron chi connectivity index (χ0n) is 33.2. The van der Waals surface area contributed by atoms with E-state index in [9.17, 15) is 14.4 Å². The van der Waals surface area contributed by atoms with Gasteiger partial charge in [0, 0.05) is 64.3 Å². The third-order valence-electron chi connectivity index (χ3n) is 9.26. The minimum absolute atomic E-state index is 0.0214. The van der Waals surface area contributed by atoms with Gasteiger partial charge >= 0.3 is 6.09 Å². The summed E-state index contributed by atoms with van der Waals surface area (Å²) in [6.45, 7) is 19.3. The fourth-order valence-electron chi connectivity index (χ4n) is 6.08. The molecule has 1 fully saturated rings. The van der Waals surface area contributed by atoms with Crippen LogP contribution in [0.3, 0.4) is 0 Å². The number of allylic oxidation sites excluding steroid dienone is 5. The molecule has 5 rings (SSSR count). The maximum Gasteiger partial charge on any atom is 0.419 e. The average Bonchev–Trinajstić information content (AvgIpc) is 3.73. The zero-order chi connectivity index (χ0) is 39.0. The SMILES string of the molecule is CC1C=CC(Cn2cc(C(=O)NC(/C=C/c3cc4cc(N5CCN(C)CC5)ccc4n3C(=O)OC(C)(C)C)=C/N(C=O)COCC[Si](C)(C)C)cn2)=CC1. The van der Waals surface area contributed by atoms with Crippen LogP contribution < -0.4 is 10.2 Å². The Balaban J connectivity index is 1.45. The Morgan fingerprint density at radius 2 is 1.87 bits per heavy atom. The summed E-state index contributed by atoms with van der Waals surface area (Å²) in [5.41, 5.74) is 3.44. The van der Waals surface area contributed by atoms with Crippen LogP contribution in [0.2, 0.25) is 25.7 Å². The number of nitrogens with one attached hydrogen (secondary N) is 1. The molecule has 2 amide bonds. The number of carbonyl (C=O) groups excluding carboxylic acids is 3. The summed E-state index contributed by atoms with van der Waals surface area (Å²) >= 11 is 0. The minimum Gasteiger partial charge on any atom is -0.443 e. The van der Waals surface area contributed by atoms with E-state index in [4.69, 9.17) is 9.47 Å². The lowest BCUT2D eigenvalue weighted by Crippen LogP contribution is -2.44. The maximum atomic E-state index is 13.7. The summed E-state index contributed by atoms with van der Waals surface area (Å²) < 4.78 is 15.0. The van der Waals surface area contributed by atoms with Crippen LogP contribution in [0.4, 0.5) is 10.5 Å². The third-order valence-corrected chi connectivity index (χ3v) is 11.0. The molecule has 2 aliphatic rings. The fourth-order valence-corrected chi connectivity index (χ4v) is 6.84. The van der Waals surface area contributed by atoms with Crippen LogP contribution in [0.25, 0.3) is 17.0 Å². The molecule has 3 aromatic rings. The van der Waals surface area contributed by atoms with Crippen LogP contribution in [0.1, 0.15) is 50.2 Å². The van der Waals surface area contributed by atoms with E-state index < -0.39 is 25.7 Å². The van der Waals surface area contributed by atoms with Crippen molar-refractivity contribution in [1.29, 1.82) is 0 Å². The number of likely N-dealkylation sites (N-methyl/N-ethyl adjacent to an activating group) is 1. The second-order valence-electron chi connectivity index (χ2n) is 16.5. The van der Waals surface area contributed by atoms with Crippen LogP contribution in [-0.2, 0) is 20.8 Å². The number of hydrogen-bond acceptors (Lipinski definition) is 8. The number of piperazine rings is 1. The van der Waals surface area contributed by atoms with Gasteiger partial charge in [-0.1, -0.05) is 44.8 Å². The molecule has 1 atom stereocenters. The van der Waals surface area contributed by atoms with Crippen LogP contribution in [0, 0.1) is 5.92 Å². The molecule has 1 aliphatic heterocycles. The molecule has 290 valence electrons. The summed E-state index contributed by atoms with van der Waals surface area (Å²) in [6.07, 6.45) is 15.8. The maximum absolute atomic E-state index is 13.7. The van der Waals surface area contributed by atoms with Gasteiger partial charge in [-0.2, -0.15) is 5.10 Å². The van der Waals surface area contributed by atoms with E-state index >= 15 is 0 Å². The second-order valence-corrected chi connectivity index (χ2v) is 22.2. The van der Waals surface area contributed by atoms with Crippen molar-refractivity contribution in [1.82, 2.24) is 29.5 Å². The van der Waals surface area contributed by atoms with Gasteiger partial charge in [-0.15, -0.1) is 0 Å². The van der Waals surface area contributed by atoms with Crippen LogP contribution in [-0.4, -0.2) is 103 Å². The van der Waals surface area contributed by atoms with Gasteiger partial charge in [0.2, 0.25) is 6.41 Å². The molecule has 54 heavy (non-hydrogen) atoms. The van der Waals surface area contributed by atoms with Crippen LogP contribution in [0.15, 0.2) is 78.4 Å². The Morgan fingerprint density at radius 1 is 1.11 bits per heavy atom. The lowest BCUT2D eigenvalue weighted by Gasteiger charge is -2.34. The van der Waals surface area contributed by atoms with Crippen molar-refractivity contribution >= 4 is 49.2 Å². The summed E-state index contributed by atoms with van der Waals surface area (Å²) in [5, 5.41) is 8.25. The number of anilines is 1. The van der Waals surface area contributed by atoms with Crippen molar-refractivity contribution in [2.45, 2.75) is 71.9 Å². The van der Waals surface area contributed by atoms with Crippen molar-refractivity contribution in [2.75, 3.05) is 51.5 Å². The number of hydrogen-bond donors (Lipinski definition) is 1. The van der Waals surface area contributed by atoms with Gasteiger partial charge in [0.1, 0.15) is 12.3 Å². The first kappa shape index (κ1) is 40.5. The quantitative estimate of drug-likeness (QED) is 0.0619. The molecule has 12 nitrogen and oxygen atoms in total. The number of nitrogens with zero attached hydrogens (tertiary/aromatic N) is 6. The predicted molar refractivity (Wildman–Crippen MR) is 218 cm³/mol. The molecule has 1 saturated heterocycles. The molecule has 1 unspecified atom stereocenters. The van der Waals surface area contributed by atoms with E-state index in [0.717, 1.165) is 55.3 Å². The molecule has 3 heterocycles. The Hall–Kier alpha value is -4.72. The molecule has 1 aliphatic carbocycles. The van der Waals surface area contributed by atoms with Crippen LogP contribution in [0.5, 0.6) is 0 Å². The number of ether oxygens (including phenoxy) is 2. The van der Waals surface area contributed by atoms with Crippen molar-refractivity contribution in [3.8, 4) is 0 Å². The number of carbonyl (C=O) groups is 3. The first-order valence-electron chi connectivity index (χ1n) is 18.8. The molecular weight excluding hydrogens is 699 g/mol. The van der Waals surface area contributed by atoms with Gasteiger partial charge < -0.3 is 24.6 Å². The van der Waals surface area contributed by atoms with Gasteiger partial charge in [0.25, 0.3) is 5.91 Å². The summed E-state index contributed by atoms with van der Waals surface area (Å²) in [4.78, 5) is 45.6. The third kappa shape index (κ3) is 11.6. The zero-order valence-corrected chi connectivity index (χ0v) is 34.2. The lowest BCUT2D eigenvalue weighted by molar-refractivity contribution is -0.119. The second kappa shape index (κ2) is 17.6. The molecule has 2 aromatic heterocycles. The average molecular weight is 756 g/mol. The normalized spacial score (nSPS) is 17.3. The lowest BCUT2D eigenvalue weighted by atomic mass is 9.99. The highest BCUT2D eigenvalue weighted by molar-refractivity contribution is 6.76. The Morgan fingerprint density at radius 3 is 2.54 bits per heavy atom. The van der Waals surface area contributed by atoms with E-state index in [1.54, 1.807) is 27.6 Å². The van der Waals surface area contributed by atoms with E-state index in [1.807, 2.05) is 39.0 Å². The summed E-state index contributed by atoms with van der Waals surface area (Å²) in [5.74, 6) is 0.113. The number of rotatable bonds is 14. The molecule has 13 heteroatoms. The van der Waals surface area contributed by atoms with E-state index in [1.165, 1.54) is 17.3 Å². The summed E-state index contributed by atoms with van der Waals surface area (Å²) in [7, 11) is 0.795. The molecule has 1 N–H and O–H groups in total. The van der Waals surface area contributed by atoms with Crippen LogP contribution >= 0.6 is 0 Å². The topological polar surface area (TPSA) is 114 Å². The number of fused-ring (bicyclic) bond motifs is 1. The van der Waals surface area contributed by atoms with Gasteiger partial charge in [-0.3, -0.25) is 19.2 Å². The largest absolute Gasteiger partial charge is 0.443 e. The van der Waals surface area contributed by atoms with E-state index in [-0.39, 0.29) is 6.73 Å². The molecule has 0 spiro atoms. The standard InChI is InChI=1S/C41H57N7O5Si/c1-31-9-11-32(12-10-31)26-47-27-34(25-42-47)39(50)43-35(28-45(29-49)30-52-21-22-54(6,7)8)13-14-37-24-33-23-36(46-19-17-44(5)18-20-46)15-16-38(33)48(37)40(51)53-41(2,3)4/h9,11-16,23-25,27-29,31H,10,17-22,26,30H2,1-8H3,(H,43,50)/b14-13+,35-28+. The van der Waals surface area contributed by atoms with Crippen molar-refractivity contribution in [3.63, 3.8) is 0 Å². The van der Waals surface area contributed by atoms with Crippen molar-refractivity contribution < 1.29 is 23.9 Å². The van der Waals surface area contributed by atoms with E-state index in [0.29, 0.717) is 48.0 Å². The minimum atomic E-state index is -1.33. The Labute approximate surface area is 320 Å². The molecular formula is C41H57N7O5Si. The summed E-state index contributed by atoms with van der Waals surface area (Å²) in [6, 6.07) is 8.98. The first-order valence-corrected chi connectivity index (χ1v) is 22.5.